The Morgan fingerprint density at radius 1 is 1.12 bits per heavy atom. The first-order chi connectivity index (χ1) is 11.4. The summed E-state index contributed by atoms with van der Waals surface area (Å²) in [6, 6.07) is 8.24. The molecule has 3 rings (SSSR count). The van der Waals surface area contributed by atoms with Gasteiger partial charge in [-0.3, -0.25) is 18.7 Å². The van der Waals surface area contributed by atoms with Gasteiger partial charge < -0.3 is 5.32 Å². The molecule has 2 aromatic heterocycles. The molecule has 1 aromatic carbocycles. The molecule has 122 valence electrons. The number of carbonyl (C=O) groups excluding carboxylic acids is 1. The van der Waals surface area contributed by atoms with Gasteiger partial charge in [0.2, 0.25) is 0 Å². The van der Waals surface area contributed by atoms with E-state index in [1.54, 1.807) is 0 Å². The van der Waals surface area contributed by atoms with E-state index in [1.165, 1.54) is 55.1 Å². The lowest BCUT2D eigenvalue weighted by Gasteiger charge is -2.09. The number of anilines is 1. The third-order valence-electron chi connectivity index (χ3n) is 3.62. The number of pyridine rings is 1. The van der Waals surface area contributed by atoms with Crippen molar-refractivity contribution >= 4 is 22.6 Å². The minimum atomic E-state index is -0.573. The summed E-state index contributed by atoms with van der Waals surface area (Å²) in [5.74, 6) is -1.05. The maximum Gasteiger partial charge on any atom is 0.332 e. The van der Waals surface area contributed by atoms with E-state index >= 15 is 0 Å². The lowest BCUT2D eigenvalue weighted by molar-refractivity contribution is 0.102. The maximum atomic E-state index is 13.2. The van der Waals surface area contributed by atoms with Crippen LogP contribution in [0, 0.1) is 5.82 Å². The van der Waals surface area contributed by atoms with E-state index in [4.69, 9.17) is 0 Å². The highest BCUT2D eigenvalue weighted by atomic mass is 19.1. The number of rotatable bonds is 2. The molecule has 24 heavy (non-hydrogen) atoms. The topological polar surface area (TPSA) is 86.0 Å². The van der Waals surface area contributed by atoms with Crippen LogP contribution < -0.4 is 16.6 Å². The van der Waals surface area contributed by atoms with Crippen molar-refractivity contribution in [2.75, 3.05) is 5.32 Å². The molecule has 1 N–H and O–H groups in total. The molecular weight excluding hydrogens is 315 g/mol. The minimum Gasteiger partial charge on any atom is -0.321 e. The van der Waals surface area contributed by atoms with Gasteiger partial charge in [-0.15, -0.1) is 0 Å². The molecule has 2 heterocycles. The van der Waals surface area contributed by atoms with Crippen LogP contribution in [0.25, 0.3) is 11.0 Å². The smallest absolute Gasteiger partial charge is 0.321 e. The number of nitrogens with one attached hydrogen (secondary N) is 1. The Morgan fingerprint density at radius 2 is 1.88 bits per heavy atom. The number of aromatic nitrogens is 3. The van der Waals surface area contributed by atoms with Gasteiger partial charge in [0.15, 0.2) is 0 Å². The predicted molar refractivity (Wildman–Crippen MR) is 86.6 cm³/mol. The fraction of sp³-hybridized carbons (Fsp3) is 0.125. The number of benzene rings is 1. The molecule has 0 aliphatic carbocycles. The highest BCUT2D eigenvalue weighted by molar-refractivity contribution is 6.03. The lowest BCUT2D eigenvalue weighted by Crippen LogP contribution is -2.37. The number of hydrogen-bond donors (Lipinski definition) is 1. The van der Waals surface area contributed by atoms with E-state index in [0.717, 1.165) is 4.57 Å². The van der Waals surface area contributed by atoms with E-state index in [0.29, 0.717) is 0 Å². The summed E-state index contributed by atoms with van der Waals surface area (Å²) in [6.07, 6.45) is 0. The average molecular weight is 328 g/mol. The predicted octanol–water partition coefficient (Wildman–Crippen LogP) is 1.02. The van der Waals surface area contributed by atoms with Crippen LogP contribution in [-0.2, 0) is 14.1 Å². The largest absolute Gasteiger partial charge is 0.332 e. The van der Waals surface area contributed by atoms with E-state index in [2.05, 4.69) is 10.3 Å². The number of aryl methyl sites for hydroxylation is 1. The summed E-state index contributed by atoms with van der Waals surface area (Å²) >= 11 is 0. The summed E-state index contributed by atoms with van der Waals surface area (Å²) < 4.78 is 15.3. The second-order valence-corrected chi connectivity index (χ2v) is 5.24. The zero-order valence-electron chi connectivity index (χ0n) is 12.9. The molecule has 0 atom stereocenters. The summed E-state index contributed by atoms with van der Waals surface area (Å²) in [5.41, 5.74) is -0.634. The van der Waals surface area contributed by atoms with Gasteiger partial charge >= 0.3 is 5.69 Å². The molecule has 7 nitrogen and oxygen atoms in total. The van der Waals surface area contributed by atoms with Gasteiger partial charge in [0.05, 0.1) is 5.39 Å². The zero-order valence-corrected chi connectivity index (χ0v) is 12.9. The Kier molecular flexibility index (Phi) is 3.72. The summed E-state index contributed by atoms with van der Waals surface area (Å²) in [5, 5.41) is 2.74. The summed E-state index contributed by atoms with van der Waals surface area (Å²) in [6.45, 7) is 0. The average Bonchev–Trinajstić information content (AvgIpc) is 2.57. The van der Waals surface area contributed by atoms with Crippen LogP contribution in [0.5, 0.6) is 0 Å². The highest BCUT2D eigenvalue weighted by Crippen LogP contribution is 2.12. The molecule has 0 unspecified atom stereocenters. The van der Waals surface area contributed by atoms with Crippen LogP contribution >= 0.6 is 0 Å². The second-order valence-electron chi connectivity index (χ2n) is 5.24. The molecule has 0 aliphatic rings. The Labute approximate surface area is 135 Å². The lowest BCUT2D eigenvalue weighted by atomic mass is 10.2. The van der Waals surface area contributed by atoms with E-state index in [9.17, 15) is 18.8 Å². The van der Waals surface area contributed by atoms with Gasteiger partial charge in [-0.25, -0.2) is 14.2 Å². The minimum absolute atomic E-state index is 0.00927. The third kappa shape index (κ3) is 2.58. The molecule has 0 aliphatic heterocycles. The number of hydrogen-bond acceptors (Lipinski definition) is 4. The standard InChI is InChI=1S/C16H13FN4O3/c1-20-13-11(15(23)21(2)16(20)24)6-7-12(19-13)14(22)18-10-5-3-4-9(17)8-10/h3-8H,1-2H3,(H,18,22). The second kappa shape index (κ2) is 5.73. The van der Waals surface area contributed by atoms with E-state index in [1.807, 2.05) is 0 Å². The molecular formula is C16H13FN4O3. The molecule has 0 saturated carbocycles. The van der Waals surface area contributed by atoms with Gasteiger partial charge in [-0.05, 0) is 30.3 Å². The molecule has 3 aromatic rings. The Hall–Kier alpha value is -3.29. The first kappa shape index (κ1) is 15.6. The molecule has 0 fully saturated rings. The molecule has 0 radical (unpaired) electrons. The fourth-order valence-electron chi connectivity index (χ4n) is 2.34. The molecule has 0 bridgehead atoms. The van der Waals surface area contributed by atoms with Gasteiger partial charge in [0.1, 0.15) is 17.2 Å². The van der Waals surface area contributed by atoms with Gasteiger partial charge in [-0.1, -0.05) is 6.07 Å². The summed E-state index contributed by atoms with van der Waals surface area (Å²) in [4.78, 5) is 40.4. The number of carbonyl (C=O) groups is 1. The van der Waals surface area contributed by atoms with Crippen molar-refractivity contribution in [3.63, 3.8) is 0 Å². The van der Waals surface area contributed by atoms with Crippen LogP contribution in [0.4, 0.5) is 10.1 Å². The van der Waals surface area contributed by atoms with Crippen molar-refractivity contribution < 1.29 is 9.18 Å². The van der Waals surface area contributed by atoms with Crippen LogP contribution in [0.2, 0.25) is 0 Å². The fourth-order valence-corrected chi connectivity index (χ4v) is 2.34. The molecule has 0 spiro atoms. The quantitative estimate of drug-likeness (QED) is 0.761. The Bertz CT molecular complexity index is 1080. The number of amides is 1. The van der Waals surface area contributed by atoms with Crippen molar-refractivity contribution in [3.05, 3.63) is 68.7 Å². The number of halogens is 1. The molecule has 1 amide bonds. The van der Waals surface area contributed by atoms with Crippen LogP contribution in [0.15, 0.2) is 46.0 Å². The molecule has 8 heteroatoms. The van der Waals surface area contributed by atoms with Crippen molar-refractivity contribution in [1.29, 1.82) is 0 Å². The van der Waals surface area contributed by atoms with Crippen LogP contribution in [0.3, 0.4) is 0 Å². The van der Waals surface area contributed by atoms with Gasteiger partial charge in [-0.2, -0.15) is 0 Å². The highest BCUT2D eigenvalue weighted by Gasteiger charge is 2.14. The van der Waals surface area contributed by atoms with Crippen LogP contribution in [0.1, 0.15) is 10.5 Å². The first-order valence-corrected chi connectivity index (χ1v) is 7.02. The Morgan fingerprint density at radius 3 is 2.58 bits per heavy atom. The first-order valence-electron chi connectivity index (χ1n) is 7.02. The van der Waals surface area contributed by atoms with Crippen molar-refractivity contribution in [1.82, 2.24) is 14.1 Å². The summed E-state index contributed by atoms with van der Waals surface area (Å²) in [7, 11) is 2.83. The van der Waals surface area contributed by atoms with E-state index < -0.39 is 23.0 Å². The SMILES string of the molecule is Cn1c(=O)c2ccc(C(=O)Nc3cccc(F)c3)nc2n(C)c1=O. The van der Waals surface area contributed by atoms with Gasteiger partial charge in [0, 0.05) is 19.8 Å². The maximum absolute atomic E-state index is 13.2. The van der Waals surface area contributed by atoms with Crippen LogP contribution in [-0.4, -0.2) is 20.0 Å². The normalized spacial score (nSPS) is 10.8. The zero-order chi connectivity index (χ0) is 17.4. The van der Waals surface area contributed by atoms with Gasteiger partial charge in [0.25, 0.3) is 11.5 Å². The molecule has 0 saturated heterocycles. The van der Waals surface area contributed by atoms with E-state index in [-0.39, 0.29) is 22.4 Å². The third-order valence-corrected chi connectivity index (χ3v) is 3.62. The van der Waals surface area contributed by atoms with Crippen molar-refractivity contribution in [2.45, 2.75) is 0 Å². The van der Waals surface area contributed by atoms with Crippen molar-refractivity contribution in [2.24, 2.45) is 14.1 Å². The number of fused-ring (bicyclic) bond motifs is 1. The van der Waals surface area contributed by atoms with Crippen molar-refractivity contribution in [3.8, 4) is 0 Å². The monoisotopic (exact) mass is 328 g/mol. The number of nitrogens with zero attached hydrogens (tertiary/aromatic N) is 3. The Balaban J connectivity index is 2.06.